The highest BCUT2D eigenvalue weighted by Crippen LogP contribution is 2.55. The second-order valence-electron chi connectivity index (χ2n) is 24.5. The minimum absolute atomic E-state index is 0.188. The molecule has 426 valence electrons. The summed E-state index contributed by atoms with van der Waals surface area (Å²) in [5.74, 6) is 1.71. The number of rotatable bonds is 7. The van der Waals surface area contributed by atoms with E-state index in [2.05, 4.69) is 324 Å². The van der Waals surface area contributed by atoms with Gasteiger partial charge >= 0.3 is 0 Å². The molecule has 4 aliphatic heterocycles. The number of para-hydroxylation sites is 6. The normalized spacial score (nSPS) is 13.2. The molecule has 0 bridgehead atoms. The van der Waals surface area contributed by atoms with Crippen LogP contribution in [-0.2, 0) is 0 Å². The van der Waals surface area contributed by atoms with Crippen LogP contribution in [-0.4, -0.2) is 13.4 Å². The molecule has 0 N–H and O–H groups in total. The quantitative estimate of drug-likeness (QED) is 0.149. The van der Waals surface area contributed by atoms with Crippen LogP contribution in [0.1, 0.15) is 0 Å². The molecule has 4 aliphatic rings. The van der Waals surface area contributed by atoms with Gasteiger partial charge in [-0.3, -0.25) is 0 Å². The van der Waals surface area contributed by atoms with Crippen molar-refractivity contribution in [2.75, 3.05) is 14.7 Å². The fourth-order valence-electron chi connectivity index (χ4n) is 15.9. The number of hydrogen-bond donors (Lipinski definition) is 0. The highest BCUT2D eigenvalue weighted by molar-refractivity contribution is 7.26. The number of benzene rings is 14. The zero-order valence-electron chi connectivity index (χ0n) is 49.7. The van der Waals surface area contributed by atoms with Gasteiger partial charge in [-0.15, -0.1) is 11.3 Å². The zero-order valence-corrected chi connectivity index (χ0v) is 50.5. The summed E-state index contributed by atoms with van der Waals surface area (Å²) in [5, 5.41) is 4.65. The first kappa shape index (κ1) is 51.3. The van der Waals surface area contributed by atoms with Crippen molar-refractivity contribution >= 4 is 151 Å². The van der Waals surface area contributed by atoms with Crippen LogP contribution in [0, 0.1) is 0 Å². The summed E-state index contributed by atoms with van der Waals surface area (Å²) in [6, 6.07) is 114. The van der Waals surface area contributed by atoms with Crippen molar-refractivity contribution in [1.82, 2.24) is 0 Å². The van der Waals surface area contributed by atoms with Gasteiger partial charge in [-0.2, -0.15) is 0 Å². The Kier molecular flexibility index (Phi) is 11.1. The third-order valence-corrected chi connectivity index (χ3v) is 20.8. The second-order valence-corrected chi connectivity index (χ2v) is 25.6. The number of furan rings is 1. The van der Waals surface area contributed by atoms with Crippen molar-refractivity contribution in [2.45, 2.75) is 0 Å². The molecule has 0 fully saturated rings. The minimum Gasteiger partial charge on any atom is -0.458 e. The highest BCUT2D eigenvalue weighted by atomic mass is 32.1. The van der Waals surface area contributed by atoms with Gasteiger partial charge in [0.15, 0.2) is 0 Å². The average molecular weight is 1190 g/mol. The Labute approximate surface area is 536 Å². The van der Waals surface area contributed by atoms with Crippen LogP contribution in [0.15, 0.2) is 314 Å². The summed E-state index contributed by atoms with van der Waals surface area (Å²) in [6.45, 7) is -0.431. The molecule has 6 heterocycles. The number of nitrogens with zero attached hydrogens (tertiary/aromatic N) is 3. The number of thiophene rings is 1. The van der Waals surface area contributed by atoms with Gasteiger partial charge in [-0.1, -0.05) is 231 Å². The Bertz CT molecular complexity index is 5630. The van der Waals surface area contributed by atoms with Crippen molar-refractivity contribution in [3.8, 4) is 56.0 Å². The van der Waals surface area contributed by atoms with Gasteiger partial charge in [0, 0.05) is 82.9 Å². The number of fused-ring (bicyclic) bond motifs is 16. The van der Waals surface area contributed by atoms with Gasteiger partial charge in [0.25, 0.3) is 13.4 Å². The lowest BCUT2D eigenvalue weighted by molar-refractivity contribution is 0.488. The molecule has 14 aromatic carbocycles. The van der Waals surface area contributed by atoms with Gasteiger partial charge in [0.1, 0.15) is 22.7 Å². The van der Waals surface area contributed by atoms with E-state index in [1.807, 2.05) is 11.3 Å². The van der Waals surface area contributed by atoms with E-state index < -0.39 is 0 Å². The maximum atomic E-state index is 7.81. The number of ether oxygens (including phenoxy) is 1. The third-order valence-electron chi connectivity index (χ3n) is 19.6. The fraction of sp³-hybridized carbons (Fsp3) is 0. The molecule has 92 heavy (non-hydrogen) atoms. The predicted molar refractivity (Wildman–Crippen MR) is 388 cm³/mol. The van der Waals surface area contributed by atoms with E-state index in [0.29, 0.717) is 0 Å². The average Bonchev–Trinajstić information content (AvgIpc) is 1.04. The lowest BCUT2D eigenvalue weighted by atomic mass is 9.30. The maximum Gasteiger partial charge on any atom is 0.256 e. The molecule has 0 radical (unpaired) electrons. The van der Waals surface area contributed by atoms with Gasteiger partial charge in [0.2, 0.25) is 0 Å². The summed E-state index contributed by atoms with van der Waals surface area (Å²) < 4.78 is 17.5. The summed E-state index contributed by atoms with van der Waals surface area (Å²) in [5.41, 5.74) is 27.7. The van der Waals surface area contributed by atoms with Gasteiger partial charge < -0.3 is 23.9 Å². The molecule has 20 rings (SSSR count). The van der Waals surface area contributed by atoms with Crippen molar-refractivity contribution < 1.29 is 9.15 Å². The molecule has 5 nitrogen and oxygen atoms in total. The van der Waals surface area contributed by atoms with Crippen molar-refractivity contribution in [3.63, 3.8) is 0 Å². The van der Waals surface area contributed by atoms with Crippen LogP contribution >= 0.6 is 11.3 Å². The Morgan fingerprint density at radius 2 is 0.793 bits per heavy atom. The summed E-state index contributed by atoms with van der Waals surface area (Å²) in [7, 11) is 0. The molecule has 8 heteroatoms. The van der Waals surface area contributed by atoms with Crippen LogP contribution in [0.5, 0.6) is 11.5 Å². The number of anilines is 9. The summed E-state index contributed by atoms with van der Waals surface area (Å²) in [6.07, 6.45) is 0. The predicted octanol–water partition coefficient (Wildman–Crippen LogP) is 19.1. The van der Waals surface area contributed by atoms with E-state index >= 15 is 0 Å². The van der Waals surface area contributed by atoms with E-state index in [1.165, 1.54) is 53.2 Å². The monoisotopic (exact) mass is 1190 g/mol. The van der Waals surface area contributed by atoms with E-state index in [0.717, 1.165) is 129 Å². The Hall–Kier alpha value is -11.6. The molecule has 0 atom stereocenters. The summed E-state index contributed by atoms with van der Waals surface area (Å²) in [4.78, 5) is 7.64. The van der Waals surface area contributed by atoms with Gasteiger partial charge in [0.05, 0.1) is 22.4 Å². The largest absolute Gasteiger partial charge is 0.458 e. The zero-order chi connectivity index (χ0) is 60.1. The molecular formula is C84H51B2N3O2S. The van der Waals surface area contributed by atoms with Gasteiger partial charge in [-0.05, 0) is 133 Å². The topological polar surface area (TPSA) is 32.1 Å². The van der Waals surface area contributed by atoms with Crippen LogP contribution in [0.4, 0.5) is 51.2 Å². The molecule has 0 unspecified atom stereocenters. The molecule has 0 spiro atoms. The van der Waals surface area contributed by atoms with E-state index in [9.17, 15) is 0 Å². The molecule has 0 saturated heterocycles. The Morgan fingerprint density at radius 1 is 0.283 bits per heavy atom. The molecular weight excluding hydrogens is 1140 g/mol. The SMILES string of the molecule is c1ccc(-c2cccc(-c3cccc(-c4cccc(-c5ccccc5)c4)c3N3c4cc5c(cc4B4c6ccccc6N(c6ccccc6)c6c4c3cc3oc4ccccc4c63)B3c4ccccc4N(c4ccccc4)c4c3c(cc3sc6ccccc6c43)O5)c2)cc1. The van der Waals surface area contributed by atoms with E-state index in [4.69, 9.17) is 9.15 Å². The van der Waals surface area contributed by atoms with Crippen molar-refractivity contribution in [3.05, 3.63) is 309 Å². The van der Waals surface area contributed by atoms with Crippen molar-refractivity contribution in [1.29, 1.82) is 0 Å². The molecule has 0 saturated carbocycles. The first-order valence-electron chi connectivity index (χ1n) is 31.6. The van der Waals surface area contributed by atoms with Crippen molar-refractivity contribution in [2.24, 2.45) is 0 Å². The van der Waals surface area contributed by atoms with Crippen LogP contribution in [0.25, 0.3) is 86.6 Å². The minimum atomic E-state index is -0.243. The number of hydrogen-bond acceptors (Lipinski definition) is 6. The van der Waals surface area contributed by atoms with Crippen LogP contribution in [0.2, 0.25) is 0 Å². The lowest BCUT2D eigenvalue weighted by Gasteiger charge is -2.46. The van der Waals surface area contributed by atoms with Crippen LogP contribution < -0.4 is 52.2 Å². The molecule has 0 amide bonds. The standard InChI is InChI=1S/C84H51B2N3O2S/c1-5-24-52(25-6-1)54-28-21-30-56(46-54)60-38-23-39-61(57-31-22-29-55(47-57)53-26-7-2-8-27-53)82(60)89-70-49-73-67(86-65-41-16-18-43-69(65)88(59-34-11-4-12-35-59)84-79-63-37-14-20-45-76(63)92-77(79)51-75(91-73)81(84)86)48-66(70)85-64-40-15-17-42-68(64)87(58-32-9-3-10-33-58)83-78-62-36-13-19-44-72(62)90-74(78)50-71(89)80(83)85/h1-51H. The molecule has 2 aromatic heterocycles. The van der Waals surface area contributed by atoms with E-state index in [1.54, 1.807) is 0 Å². The summed E-state index contributed by atoms with van der Waals surface area (Å²) >= 11 is 1.84. The maximum absolute atomic E-state index is 7.81. The van der Waals surface area contributed by atoms with Crippen LogP contribution in [0.3, 0.4) is 0 Å². The fourth-order valence-corrected chi connectivity index (χ4v) is 17.0. The molecule has 0 aliphatic carbocycles. The Balaban J connectivity index is 0.938. The van der Waals surface area contributed by atoms with E-state index in [-0.39, 0.29) is 13.4 Å². The smallest absolute Gasteiger partial charge is 0.256 e. The lowest BCUT2D eigenvalue weighted by Crippen LogP contribution is -2.64. The third kappa shape index (κ3) is 7.50. The Morgan fingerprint density at radius 3 is 1.43 bits per heavy atom. The first-order chi connectivity index (χ1) is 45.7. The van der Waals surface area contributed by atoms with Gasteiger partial charge in [-0.25, -0.2) is 0 Å². The highest BCUT2D eigenvalue weighted by Gasteiger charge is 2.49. The second kappa shape index (κ2) is 20.0. The molecule has 16 aromatic rings. The first-order valence-corrected chi connectivity index (χ1v) is 32.4.